The van der Waals surface area contributed by atoms with Crippen molar-refractivity contribution in [2.75, 3.05) is 0 Å². The van der Waals surface area contributed by atoms with E-state index in [1.165, 1.54) is 13.3 Å². The van der Waals surface area contributed by atoms with Crippen molar-refractivity contribution in [3.63, 3.8) is 0 Å². The van der Waals surface area contributed by atoms with Gasteiger partial charge >= 0.3 is 11.9 Å². The predicted molar refractivity (Wildman–Crippen MR) is 107 cm³/mol. The largest absolute Gasteiger partial charge is 0.478 e. The van der Waals surface area contributed by atoms with Gasteiger partial charge in [0.2, 0.25) is 0 Å². The van der Waals surface area contributed by atoms with E-state index in [4.69, 9.17) is 9.84 Å². The van der Waals surface area contributed by atoms with Crippen LogP contribution in [0.2, 0.25) is 0 Å². The van der Waals surface area contributed by atoms with Gasteiger partial charge in [-0.05, 0) is 45.4 Å². The number of ether oxygens (including phenoxy) is 1. The molecule has 0 aromatic rings. The van der Waals surface area contributed by atoms with Crippen molar-refractivity contribution in [1.29, 1.82) is 0 Å². The van der Waals surface area contributed by atoms with E-state index in [0.717, 1.165) is 57.6 Å². The molecule has 0 aromatic heterocycles. The summed E-state index contributed by atoms with van der Waals surface area (Å²) >= 11 is 0. The van der Waals surface area contributed by atoms with Crippen LogP contribution >= 0.6 is 0 Å². The number of carbonyl (C=O) groups is 2. The zero-order valence-corrected chi connectivity index (χ0v) is 20.0. The molecular weight excluding hydrogens is 394 g/mol. The Hall–Kier alpha value is -1.48. The molecule has 0 amide bonds. The first-order valence-corrected chi connectivity index (χ1v) is 9.62. The molecule has 0 saturated heterocycles. The first kappa shape index (κ1) is 27.7. The second kappa shape index (κ2) is 20.8. The second-order valence-electron chi connectivity index (χ2n) is 6.20. The molecule has 0 heterocycles. The maximum atomic E-state index is 11.4. The van der Waals surface area contributed by atoms with Crippen LogP contribution in [-0.4, -0.2) is 17.0 Å². The van der Waals surface area contributed by atoms with Crippen LogP contribution in [0.1, 0.15) is 78.1 Å². The van der Waals surface area contributed by atoms with Crippen molar-refractivity contribution >= 4 is 11.9 Å². The topological polar surface area (TPSA) is 63.6 Å². The first-order valence-electron chi connectivity index (χ1n) is 9.62. The summed E-state index contributed by atoms with van der Waals surface area (Å²) in [4.78, 5) is 22.0. The Morgan fingerprint density at radius 2 is 1.41 bits per heavy atom. The van der Waals surface area contributed by atoms with Crippen molar-refractivity contribution in [2.45, 2.75) is 78.1 Å². The van der Waals surface area contributed by atoms with Crippen molar-refractivity contribution in [1.82, 2.24) is 0 Å². The number of allylic oxidation sites excluding steroid dienone is 6. The predicted octanol–water partition coefficient (Wildman–Crippen LogP) is 6.11. The van der Waals surface area contributed by atoms with E-state index >= 15 is 0 Å². The fraction of sp³-hybridized carbons (Fsp3) is 0.545. The molecule has 0 bridgehead atoms. The molecule has 0 saturated carbocycles. The van der Waals surface area contributed by atoms with Gasteiger partial charge in [0, 0.05) is 25.9 Å². The van der Waals surface area contributed by atoms with Gasteiger partial charge in [0.05, 0.1) is 5.57 Å². The minimum absolute atomic E-state index is 0. The third kappa shape index (κ3) is 20.7. The number of hydrogen-bond donors (Lipinski definition) is 1. The van der Waals surface area contributed by atoms with E-state index in [-0.39, 0.29) is 31.0 Å². The molecule has 0 rings (SSSR count). The van der Waals surface area contributed by atoms with Crippen molar-refractivity contribution < 1.29 is 38.9 Å². The number of unbranched alkanes of at least 4 members (excludes halogenated alkanes) is 5. The molecule has 0 aliphatic heterocycles. The summed E-state index contributed by atoms with van der Waals surface area (Å²) in [6.07, 6.45) is 24.0. The summed E-state index contributed by atoms with van der Waals surface area (Å²) in [6, 6.07) is 0. The quantitative estimate of drug-likeness (QED) is 0.0855. The summed E-state index contributed by atoms with van der Waals surface area (Å²) in [7, 11) is 0. The van der Waals surface area contributed by atoms with Gasteiger partial charge in [-0.2, -0.15) is 0 Å². The van der Waals surface area contributed by atoms with Gasteiger partial charge < -0.3 is 9.84 Å². The van der Waals surface area contributed by atoms with Crippen molar-refractivity contribution in [3.8, 4) is 0 Å². The zero-order chi connectivity index (χ0) is 19.5. The van der Waals surface area contributed by atoms with Crippen LogP contribution in [-0.2, 0) is 33.8 Å². The van der Waals surface area contributed by atoms with Gasteiger partial charge in [0.15, 0.2) is 0 Å². The fourth-order valence-electron chi connectivity index (χ4n) is 2.15. The van der Waals surface area contributed by atoms with Gasteiger partial charge in [0.25, 0.3) is 0 Å². The molecule has 0 spiro atoms. The SMILES string of the molecule is CC/C=C\C/C=C\C/C=C\CCCCCCCC(=O)OC=C(C)C(=O)O.[Zn]. The smallest absolute Gasteiger partial charge is 0.334 e. The molecule has 0 aliphatic rings. The molecule has 5 heteroatoms. The van der Waals surface area contributed by atoms with Crippen LogP contribution in [0.15, 0.2) is 48.3 Å². The Morgan fingerprint density at radius 1 is 0.852 bits per heavy atom. The minimum atomic E-state index is -1.08. The number of rotatable bonds is 15. The molecule has 0 aromatic carbocycles. The van der Waals surface area contributed by atoms with E-state index in [0.29, 0.717) is 6.42 Å². The van der Waals surface area contributed by atoms with Crippen molar-refractivity contribution in [2.24, 2.45) is 0 Å². The summed E-state index contributed by atoms with van der Waals surface area (Å²) in [5.74, 6) is -1.45. The number of carboxylic acid groups (broad SMARTS) is 1. The molecular formula is C22H34O4Zn. The van der Waals surface area contributed by atoms with E-state index in [1.54, 1.807) is 0 Å². The zero-order valence-electron chi connectivity index (χ0n) is 17.0. The summed E-state index contributed by atoms with van der Waals surface area (Å²) in [6.45, 7) is 3.53. The molecule has 0 aliphatic carbocycles. The van der Waals surface area contributed by atoms with Gasteiger partial charge in [-0.25, -0.2) is 4.79 Å². The molecule has 0 radical (unpaired) electrons. The van der Waals surface area contributed by atoms with Gasteiger partial charge in [-0.15, -0.1) is 0 Å². The standard InChI is InChI=1S/C22H34O4.Zn/c1-3-4-5-6-7-8-9-10-11-12-13-14-15-16-17-18-21(23)26-19-20(2)22(24)25;/h4-5,7-8,10-11,19H,3,6,9,12-18H2,1-2H3,(H,24,25);/b5-4-,8-7-,11-10-,20-19?;. The Balaban J connectivity index is 0. The van der Waals surface area contributed by atoms with Crippen LogP contribution in [0.25, 0.3) is 0 Å². The normalized spacial score (nSPS) is 12.0. The molecule has 148 valence electrons. The van der Waals surface area contributed by atoms with E-state index in [9.17, 15) is 9.59 Å². The third-order valence-corrected chi connectivity index (χ3v) is 3.74. The first-order chi connectivity index (χ1) is 12.6. The maximum absolute atomic E-state index is 11.4. The average molecular weight is 428 g/mol. The number of aliphatic carboxylic acids is 1. The monoisotopic (exact) mass is 426 g/mol. The van der Waals surface area contributed by atoms with Crippen LogP contribution in [0, 0.1) is 0 Å². The second-order valence-corrected chi connectivity index (χ2v) is 6.20. The summed E-state index contributed by atoms with van der Waals surface area (Å²) < 4.78 is 4.78. The van der Waals surface area contributed by atoms with Crippen LogP contribution in [0.3, 0.4) is 0 Å². The summed E-state index contributed by atoms with van der Waals surface area (Å²) in [5, 5.41) is 8.64. The van der Waals surface area contributed by atoms with Crippen LogP contribution < -0.4 is 0 Å². The molecule has 27 heavy (non-hydrogen) atoms. The molecule has 0 fully saturated rings. The molecule has 0 atom stereocenters. The van der Waals surface area contributed by atoms with Gasteiger partial charge in [0.1, 0.15) is 6.26 Å². The molecule has 0 unspecified atom stereocenters. The Kier molecular flexibility index (Phi) is 21.4. The number of hydrogen-bond acceptors (Lipinski definition) is 3. The van der Waals surface area contributed by atoms with Gasteiger partial charge in [-0.3, -0.25) is 4.79 Å². The molecule has 1 N–H and O–H groups in total. The third-order valence-electron chi connectivity index (χ3n) is 3.74. The van der Waals surface area contributed by atoms with Gasteiger partial charge in [-0.1, -0.05) is 62.6 Å². The van der Waals surface area contributed by atoms with Crippen LogP contribution in [0.5, 0.6) is 0 Å². The Morgan fingerprint density at radius 3 is 2.04 bits per heavy atom. The Bertz CT molecular complexity index is 504. The maximum Gasteiger partial charge on any atom is 0.334 e. The Labute approximate surface area is 177 Å². The van der Waals surface area contributed by atoms with Crippen LogP contribution in [0.4, 0.5) is 0 Å². The van der Waals surface area contributed by atoms with E-state index < -0.39 is 5.97 Å². The average Bonchev–Trinajstić information content (AvgIpc) is 2.62. The number of carboxylic acids is 1. The summed E-state index contributed by atoms with van der Waals surface area (Å²) in [5.41, 5.74) is 0.0234. The molecule has 4 nitrogen and oxygen atoms in total. The van der Waals surface area contributed by atoms with E-state index in [2.05, 4.69) is 43.4 Å². The van der Waals surface area contributed by atoms with E-state index in [1.807, 2.05) is 0 Å². The number of esters is 1. The minimum Gasteiger partial charge on any atom is -0.478 e. The fourth-order valence-corrected chi connectivity index (χ4v) is 2.15. The number of carbonyl (C=O) groups excluding carboxylic acids is 1. The van der Waals surface area contributed by atoms with Crippen molar-refractivity contribution in [3.05, 3.63) is 48.3 Å².